The van der Waals surface area contributed by atoms with Gasteiger partial charge in [-0.25, -0.2) is 4.79 Å². The molecule has 2 aromatic rings. The van der Waals surface area contributed by atoms with E-state index in [0.717, 1.165) is 37.0 Å². The van der Waals surface area contributed by atoms with E-state index >= 15 is 0 Å². The molecule has 8 nitrogen and oxygen atoms in total. The number of benzene rings is 1. The van der Waals surface area contributed by atoms with Crippen molar-refractivity contribution in [3.05, 3.63) is 28.7 Å². The summed E-state index contributed by atoms with van der Waals surface area (Å²) < 4.78 is 3.14. The fourth-order valence-electron chi connectivity index (χ4n) is 3.58. The molecule has 4 rings (SSSR count). The highest BCUT2D eigenvalue weighted by Crippen LogP contribution is 2.32. The molecule has 0 aliphatic carbocycles. The number of carbonyl (C=O) groups is 1. The van der Waals surface area contributed by atoms with Crippen molar-refractivity contribution in [2.45, 2.75) is 24.9 Å². The number of oxime groups is 1. The highest BCUT2D eigenvalue weighted by molar-refractivity contribution is 6.43. The van der Waals surface area contributed by atoms with Crippen LogP contribution in [0.1, 0.15) is 19.3 Å². The first kappa shape index (κ1) is 15.9. The molecule has 132 valence electrons. The van der Waals surface area contributed by atoms with Crippen molar-refractivity contribution in [1.29, 1.82) is 0 Å². The normalized spacial score (nSPS) is 19.0. The second-order valence-electron chi connectivity index (χ2n) is 6.80. The van der Waals surface area contributed by atoms with E-state index < -0.39 is 0 Å². The van der Waals surface area contributed by atoms with Crippen molar-refractivity contribution in [1.82, 2.24) is 14.5 Å². The van der Waals surface area contributed by atoms with E-state index in [9.17, 15) is 9.59 Å². The van der Waals surface area contributed by atoms with Crippen LogP contribution in [-0.4, -0.2) is 39.4 Å². The molecule has 0 unspecified atom stereocenters. The molecule has 3 heterocycles. The Morgan fingerprint density at radius 3 is 2.72 bits per heavy atom. The summed E-state index contributed by atoms with van der Waals surface area (Å²) in [5.74, 6) is -0.254. The molecule has 1 aromatic heterocycles. The summed E-state index contributed by atoms with van der Waals surface area (Å²) in [6.45, 7) is 1.76. The zero-order valence-corrected chi connectivity index (χ0v) is 14.3. The summed E-state index contributed by atoms with van der Waals surface area (Å²) in [4.78, 5) is 30.1. The van der Waals surface area contributed by atoms with Gasteiger partial charge in [-0.2, -0.15) is 0 Å². The van der Waals surface area contributed by atoms with Crippen LogP contribution < -0.4 is 16.3 Å². The van der Waals surface area contributed by atoms with E-state index in [0.29, 0.717) is 17.8 Å². The molecule has 2 N–H and O–H groups in total. The minimum atomic E-state index is -0.328. The number of hydrogen-bond donors (Lipinski definition) is 2. The number of fused-ring (bicyclic) bond motifs is 1. The smallest absolute Gasteiger partial charge is 0.328 e. The predicted octanol–water partition coefficient (Wildman–Crippen LogP) is 0.714. The molecule has 0 atom stereocenters. The Labute approximate surface area is 144 Å². The maximum atomic E-state index is 12.5. The molecule has 2 aliphatic rings. The van der Waals surface area contributed by atoms with E-state index in [1.54, 1.807) is 35.4 Å². The average Bonchev–Trinajstić information content (AvgIpc) is 3.12. The van der Waals surface area contributed by atoms with Gasteiger partial charge in [-0.05, 0) is 31.3 Å². The second-order valence-corrected chi connectivity index (χ2v) is 6.80. The number of carbonyl (C=O) groups excluding carboxylic acids is 1. The van der Waals surface area contributed by atoms with Gasteiger partial charge in [0.15, 0.2) is 0 Å². The lowest BCUT2D eigenvalue weighted by molar-refractivity contribution is -0.110. The third-order valence-electron chi connectivity index (χ3n) is 5.15. The lowest BCUT2D eigenvalue weighted by Gasteiger charge is -2.30. The predicted molar refractivity (Wildman–Crippen MR) is 94.8 cm³/mol. The van der Waals surface area contributed by atoms with Crippen molar-refractivity contribution in [3.63, 3.8) is 0 Å². The summed E-state index contributed by atoms with van der Waals surface area (Å²) in [5.41, 5.74) is 2.22. The monoisotopic (exact) mass is 343 g/mol. The molecule has 1 spiro atoms. The minimum absolute atomic E-state index is 0.0973. The second kappa shape index (κ2) is 5.73. The Kier molecular flexibility index (Phi) is 3.64. The number of hydrogen-bond acceptors (Lipinski definition) is 5. The van der Waals surface area contributed by atoms with E-state index in [4.69, 9.17) is 4.84 Å². The molecule has 1 fully saturated rings. The summed E-state index contributed by atoms with van der Waals surface area (Å²) in [5, 5.41) is 10.2. The molecule has 8 heteroatoms. The lowest BCUT2D eigenvalue weighted by Crippen LogP contribution is -2.42. The van der Waals surface area contributed by atoms with Gasteiger partial charge in [0.2, 0.25) is 0 Å². The van der Waals surface area contributed by atoms with Gasteiger partial charge >= 0.3 is 5.69 Å². The fourth-order valence-corrected chi connectivity index (χ4v) is 3.58. The van der Waals surface area contributed by atoms with Crippen molar-refractivity contribution < 1.29 is 9.63 Å². The molecule has 0 bridgehead atoms. The Balaban J connectivity index is 1.52. The van der Waals surface area contributed by atoms with Crippen LogP contribution in [0.15, 0.2) is 28.1 Å². The number of aromatic nitrogens is 2. The van der Waals surface area contributed by atoms with Crippen LogP contribution in [0, 0.1) is 0 Å². The molecule has 0 radical (unpaired) electrons. The number of rotatable bonds is 2. The van der Waals surface area contributed by atoms with Gasteiger partial charge in [-0.3, -0.25) is 13.9 Å². The zero-order chi connectivity index (χ0) is 17.6. The van der Waals surface area contributed by atoms with Gasteiger partial charge in [0, 0.05) is 39.0 Å². The Morgan fingerprint density at radius 1 is 1.24 bits per heavy atom. The van der Waals surface area contributed by atoms with Gasteiger partial charge in [0.1, 0.15) is 11.3 Å². The third-order valence-corrected chi connectivity index (χ3v) is 5.15. The number of anilines is 1. The molecule has 0 saturated carbocycles. The van der Waals surface area contributed by atoms with E-state index in [1.807, 2.05) is 6.07 Å². The van der Waals surface area contributed by atoms with Crippen LogP contribution in [0.25, 0.3) is 11.0 Å². The number of amides is 1. The van der Waals surface area contributed by atoms with Crippen LogP contribution in [0.3, 0.4) is 0 Å². The molecule has 1 aromatic carbocycles. The first-order valence-corrected chi connectivity index (χ1v) is 8.42. The topological polar surface area (TPSA) is 89.7 Å². The van der Waals surface area contributed by atoms with Gasteiger partial charge < -0.3 is 15.5 Å². The molecule has 2 aliphatic heterocycles. The van der Waals surface area contributed by atoms with Crippen LogP contribution in [-0.2, 0) is 23.7 Å². The fraction of sp³-hybridized carbons (Fsp3) is 0.471. The SMILES string of the molecule is Cn1c(=O)n(C)c2cc(NC(=O)C3=NOC4(CCNCC4)C3)ccc21. The Bertz CT molecular complexity index is 934. The van der Waals surface area contributed by atoms with Crippen molar-refractivity contribution in [3.8, 4) is 0 Å². The largest absolute Gasteiger partial charge is 0.388 e. The quantitative estimate of drug-likeness (QED) is 0.841. The summed E-state index contributed by atoms with van der Waals surface area (Å²) in [6, 6.07) is 5.41. The molecular formula is C17H21N5O3. The Morgan fingerprint density at radius 2 is 1.96 bits per heavy atom. The number of piperidine rings is 1. The minimum Gasteiger partial charge on any atom is -0.388 e. The molecule has 1 saturated heterocycles. The average molecular weight is 343 g/mol. The number of imidazole rings is 1. The first-order chi connectivity index (χ1) is 12.0. The standard InChI is InChI=1S/C17H21N5O3/c1-21-13-4-3-11(9-14(13)22(2)16(21)24)19-15(23)12-10-17(25-20-12)5-7-18-8-6-17/h3-4,9,18H,5-8,10H2,1-2H3,(H,19,23). The van der Waals surface area contributed by atoms with Gasteiger partial charge in [-0.15, -0.1) is 0 Å². The summed E-state index contributed by atoms with van der Waals surface area (Å²) in [7, 11) is 3.44. The van der Waals surface area contributed by atoms with E-state index in [1.165, 1.54) is 0 Å². The van der Waals surface area contributed by atoms with Crippen LogP contribution in [0.4, 0.5) is 5.69 Å². The molecule has 25 heavy (non-hydrogen) atoms. The summed E-state index contributed by atoms with van der Waals surface area (Å²) in [6.07, 6.45) is 2.24. The highest BCUT2D eigenvalue weighted by Gasteiger charge is 2.42. The van der Waals surface area contributed by atoms with Gasteiger partial charge in [0.25, 0.3) is 5.91 Å². The molecular weight excluding hydrogens is 322 g/mol. The van der Waals surface area contributed by atoms with Gasteiger partial charge in [0.05, 0.1) is 11.0 Å². The van der Waals surface area contributed by atoms with Gasteiger partial charge in [-0.1, -0.05) is 5.16 Å². The maximum Gasteiger partial charge on any atom is 0.328 e. The number of nitrogens with one attached hydrogen (secondary N) is 2. The zero-order valence-electron chi connectivity index (χ0n) is 14.3. The van der Waals surface area contributed by atoms with Crippen molar-refractivity contribution >= 4 is 28.3 Å². The van der Waals surface area contributed by atoms with E-state index in [2.05, 4.69) is 15.8 Å². The Hall–Kier alpha value is -2.61. The van der Waals surface area contributed by atoms with Crippen LogP contribution >= 0.6 is 0 Å². The lowest BCUT2D eigenvalue weighted by atomic mass is 9.87. The van der Waals surface area contributed by atoms with E-state index in [-0.39, 0.29) is 17.2 Å². The number of nitrogens with zero attached hydrogens (tertiary/aromatic N) is 3. The van der Waals surface area contributed by atoms with Crippen molar-refractivity contribution in [2.75, 3.05) is 18.4 Å². The first-order valence-electron chi connectivity index (χ1n) is 8.42. The third kappa shape index (κ3) is 2.62. The van der Waals surface area contributed by atoms with Crippen molar-refractivity contribution in [2.24, 2.45) is 19.3 Å². The number of aryl methyl sites for hydroxylation is 2. The summed E-state index contributed by atoms with van der Waals surface area (Å²) >= 11 is 0. The molecule has 1 amide bonds. The van der Waals surface area contributed by atoms with Crippen LogP contribution in [0.5, 0.6) is 0 Å². The van der Waals surface area contributed by atoms with Crippen LogP contribution in [0.2, 0.25) is 0 Å². The maximum absolute atomic E-state index is 12.5. The highest BCUT2D eigenvalue weighted by atomic mass is 16.7.